The van der Waals surface area contributed by atoms with Crippen molar-refractivity contribution in [3.05, 3.63) is 65.5 Å². The minimum absolute atomic E-state index is 0.154. The molecule has 0 saturated heterocycles. The van der Waals surface area contributed by atoms with E-state index in [2.05, 4.69) is 15.5 Å². The molecule has 1 heterocycles. The van der Waals surface area contributed by atoms with E-state index in [1.807, 2.05) is 38.1 Å². The van der Waals surface area contributed by atoms with Gasteiger partial charge in [-0.05, 0) is 43.7 Å². The number of rotatable bonds is 6. The summed E-state index contributed by atoms with van der Waals surface area (Å²) in [7, 11) is 0. The number of carbonyl (C=O) groups is 1. The van der Waals surface area contributed by atoms with Crippen LogP contribution in [0.3, 0.4) is 0 Å². The molecule has 0 saturated carbocycles. The minimum atomic E-state index is -0.302. The number of amides is 1. The van der Waals surface area contributed by atoms with Gasteiger partial charge in [0.25, 0.3) is 5.22 Å². The van der Waals surface area contributed by atoms with Crippen molar-refractivity contribution in [1.82, 2.24) is 15.5 Å². The Bertz CT molecular complexity index is 879. The fourth-order valence-electron chi connectivity index (χ4n) is 2.33. The van der Waals surface area contributed by atoms with Gasteiger partial charge in [0, 0.05) is 5.56 Å². The minimum Gasteiger partial charge on any atom is -0.411 e. The molecular weight excluding hydrogens is 353 g/mol. The van der Waals surface area contributed by atoms with Crippen LogP contribution in [-0.2, 0) is 4.79 Å². The summed E-state index contributed by atoms with van der Waals surface area (Å²) >= 11 is 1.17. The molecule has 7 heteroatoms. The predicted molar refractivity (Wildman–Crippen MR) is 98.2 cm³/mol. The topological polar surface area (TPSA) is 68.0 Å². The Balaban J connectivity index is 1.53. The van der Waals surface area contributed by atoms with Crippen molar-refractivity contribution in [3.63, 3.8) is 0 Å². The molecule has 0 bridgehead atoms. The van der Waals surface area contributed by atoms with E-state index in [1.54, 1.807) is 12.1 Å². The molecule has 0 aliphatic rings. The number of halogens is 1. The molecule has 26 heavy (non-hydrogen) atoms. The molecule has 1 amide bonds. The number of hydrogen-bond acceptors (Lipinski definition) is 5. The lowest BCUT2D eigenvalue weighted by atomic mass is 10.1. The monoisotopic (exact) mass is 371 g/mol. The first kappa shape index (κ1) is 18.1. The molecule has 5 nitrogen and oxygen atoms in total. The highest BCUT2D eigenvalue weighted by Gasteiger charge is 2.13. The van der Waals surface area contributed by atoms with Gasteiger partial charge in [0.05, 0.1) is 11.8 Å². The molecule has 0 aliphatic heterocycles. The summed E-state index contributed by atoms with van der Waals surface area (Å²) < 4.78 is 18.5. The van der Waals surface area contributed by atoms with Gasteiger partial charge in [-0.15, -0.1) is 10.2 Å². The molecule has 0 fully saturated rings. The summed E-state index contributed by atoms with van der Waals surface area (Å²) in [5, 5.41) is 11.2. The van der Waals surface area contributed by atoms with Gasteiger partial charge >= 0.3 is 0 Å². The average Bonchev–Trinajstić information content (AvgIpc) is 3.10. The Morgan fingerprint density at radius 1 is 1.15 bits per heavy atom. The van der Waals surface area contributed by atoms with Crippen LogP contribution in [0.2, 0.25) is 0 Å². The molecule has 2 aromatic carbocycles. The van der Waals surface area contributed by atoms with Gasteiger partial charge in [-0.2, -0.15) is 0 Å². The second kappa shape index (κ2) is 8.14. The van der Waals surface area contributed by atoms with Crippen LogP contribution in [0.5, 0.6) is 0 Å². The zero-order valence-electron chi connectivity index (χ0n) is 14.4. The van der Waals surface area contributed by atoms with Crippen molar-refractivity contribution in [2.75, 3.05) is 5.75 Å². The number of aryl methyl sites for hydroxylation is 1. The van der Waals surface area contributed by atoms with Crippen molar-refractivity contribution in [1.29, 1.82) is 0 Å². The second-order valence-corrected chi connectivity index (χ2v) is 6.80. The Morgan fingerprint density at radius 2 is 1.85 bits per heavy atom. The number of carbonyl (C=O) groups excluding carboxylic acids is 1. The summed E-state index contributed by atoms with van der Waals surface area (Å²) in [5.74, 6) is 0.110. The lowest BCUT2D eigenvalue weighted by Gasteiger charge is -2.13. The van der Waals surface area contributed by atoms with Crippen LogP contribution in [0.1, 0.15) is 24.1 Å². The Hall–Kier alpha value is -2.67. The van der Waals surface area contributed by atoms with E-state index in [0.29, 0.717) is 11.1 Å². The summed E-state index contributed by atoms with van der Waals surface area (Å²) in [6.45, 7) is 3.85. The van der Waals surface area contributed by atoms with E-state index in [0.717, 1.165) is 16.7 Å². The van der Waals surface area contributed by atoms with E-state index < -0.39 is 0 Å². The summed E-state index contributed by atoms with van der Waals surface area (Å²) in [6.07, 6.45) is 0. The lowest BCUT2D eigenvalue weighted by molar-refractivity contribution is -0.119. The van der Waals surface area contributed by atoms with E-state index in [9.17, 15) is 9.18 Å². The van der Waals surface area contributed by atoms with Gasteiger partial charge in [-0.3, -0.25) is 4.79 Å². The number of nitrogens with one attached hydrogen (secondary N) is 1. The Labute approximate surface area is 155 Å². The van der Waals surface area contributed by atoms with Crippen LogP contribution in [0.25, 0.3) is 11.5 Å². The molecule has 3 aromatic rings. The molecular formula is C19H18FN3O2S. The third-order valence-corrected chi connectivity index (χ3v) is 4.60. The number of aromatic nitrogens is 2. The highest BCUT2D eigenvalue weighted by atomic mass is 32.2. The Morgan fingerprint density at radius 3 is 2.54 bits per heavy atom. The maximum Gasteiger partial charge on any atom is 0.277 e. The zero-order chi connectivity index (χ0) is 18.5. The third-order valence-electron chi connectivity index (χ3n) is 3.78. The highest BCUT2D eigenvalue weighted by Crippen LogP contribution is 2.23. The molecule has 3 rings (SSSR count). The second-order valence-electron chi connectivity index (χ2n) is 5.87. The van der Waals surface area contributed by atoms with Gasteiger partial charge < -0.3 is 9.73 Å². The van der Waals surface area contributed by atoms with Gasteiger partial charge in [0.1, 0.15) is 5.82 Å². The maximum absolute atomic E-state index is 13.0. The largest absolute Gasteiger partial charge is 0.411 e. The molecule has 0 spiro atoms. The summed E-state index contributed by atoms with van der Waals surface area (Å²) in [4.78, 5) is 12.1. The van der Waals surface area contributed by atoms with Crippen molar-refractivity contribution in [2.24, 2.45) is 0 Å². The normalized spacial score (nSPS) is 12.0. The van der Waals surface area contributed by atoms with Crippen molar-refractivity contribution >= 4 is 17.7 Å². The molecule has 1 atom stereocenters. The van der Waals surface area contributed by atoms with Crippen LogP contribution in [0.15, 0.2) is 58.2 Å². The number of hydrogen-bond donors (Lipinski definition) is 1. The Kier molecular flexibility index (Phi) is 5.68. The number of thioether (sulfide) groups is 1. The first-order chi connectivity index (χ1) is 12.5. The fourth-order valence-corrected chi connectivity index (χ4v) is 2.90. The third kappa shape index (κ3) is 4.70. The van der Waals surface area contributed by atoms with Gasteiger partial charge in [0.2, 0.25) is 11.8 Å². The zero-order valence-corrected chi connectivity index (χ0v) is 15.2. The standard InChI is InChI=1S/C19H18FN3O2S/c1-12-3-5-15(6-4-12)18-22-23-19(25-18)26-11-17(24)21-13(2)14-7-9-16(20)10-8-14/h3-10,13H,11H2,1-2H3,(H,21,24). The smallest absolute Gasteiger partial charge is 0.277 e. The summed E-state index contributed by atoms with van der Waals surface area (Å²) in [5.41, 5.74) is 2.82. The first-order valence-electron chi connectivity index (χ1n) is 8.09. The molecule has 134 valence electrons. The first-order valence-corrected chi connectivity index (χ1v) is 9.08. The SMILES string of the molecule is Cc1ccc(-c2nnc(SCC(=O)NC(C)c3ccc(F)cc3)o2)cc1. The van der Waals surface area contributed by atoms with Crippen LogP contribution in [-0.4, -0.2) is 21.9 Å². The van der Waals surface area contributed by atoms with Crippen LogP contribution < -0.4 is 5.32 Å². The predicted octanol–water partition coefficient (Wildman–Crippen LogP) is 4.15. The maximum atomic E-state index is 13.0. The summed E-state index contributed by atoms with van der Waals surface area (Å²) in [6, 6.07) is 13.6. The van der Waals surface area contributed by atoms with E-state index in [1.165, 1.54) is 23.9 Å². The molecule has 1 unspecified atom stereocenters. The van der Waals surface area contributed by atoms with Crippen molar-refractivity contribution in [3.8, 4) is 11.5 Å². The fraction of sp³-hybridized carbons (Fsp3) is 0.211. The van der Waals surface area contributed by atoms with Gasteiger partial charge in [0.15, 0.2) is 0 Å². The van der Waals surface area contributed by atoms with Crippen LogP contribution in [0, 0.1) is 12.7 Å². The average molecular weight is 371 g/mol. The number of nitrogens with zero attached hydrogens (tertiary/aromatic N) is 2. The van der Waals surface area contributed by atoms with E-state index in [4.69, 9.17) is 4.42 Å². The van der Waals surface area contributed by atoms with E-state index >= 15 is 0 Å². The van der Waals surface area contributed by atoms with Crippen molar-refractivity contribution < 1.29 is 13.6 Å². The highest BCUT2D eigenvalue weighted by molar-refractivity contribution is 7.99. The molecule has 0 radical (unpaired) electrons. The van der Waals surface area contributed by atoms with Crippen molar-refractivity contribution in [2.45, 2.75) is 25.1 Å². The molecule has 1 N–H and O–H groups in total. The van der Waals surface area contributed by atoms with Gasteiger partial charge in [-0.25, -0.2) is 4.39 Å². The van der Waals surface area contributed by atoms with E-state index in [-0.39, 0.29) is 23.5 Å². The van der Waals surface area contributed by atoms with Gasteiger partial charge in [-0.1, -0.05) is 41.6 Å². The quantitative estimate of drug-likeness (QED) is 0.659. The van der Waals surface area contributed by atoms with Crippen LogP contribution >= 0.6 is 11.8 Å². The molecule has 1 aromatic heterocycles. The van der Waals surface area contributed by atoms with Crippen LogP contribution in [0.4, 0.5) is 4.39 Å². The molecule has 0 aliphatic carbocycles. The lowest BCUT2D eigenvalue weighted by Crippen LogP contribution is -2.28. The number of benzene rings is 2.